The molecule has 0 saturated carbocycles. The van der Waals surface area contributed by atoms with Crippen LogP contribution >= 0.6 is 0 Å². The molecule has 8 nitrogen and oxygen atoms in total. The van der Waals surface area contributed by atoms with Gasteiger partial charge >= 0.3 is 0 Å². The first kappa shape index (κ1) is 32.5. The third kappa shape index (κ3) is 10.4. The Kier molecular flexibility index (Phi) is 11.5. The molecule has 1 aromatic heterocycles. The zero-order chi connectivity index (χ0) is 30.2. The van der Waals surface area contributed by atoms with Crippen molar-refractivity contribution in [1.29, 1.82) is 0 Å². The van der Waals surface area contributed by atoms with E-state index in [2.05, 4.69) is 90.6 Å². The van der Waals surface area contributed by atoms with Gasteiger partial charge in [0.15, 0.2) is 12.6 Å². The molecule has 3 aromatic rings. The van der Waals surface area contributed by atoms with Crippen LogP contribution in [-0.2, 0) is 41.9 Å². The molecule has 0 saturated heterocycles. The molecule has 230 valence electrons. The fourth-order valence-electron chi connectivity index (χ4n) is 5.75. The molecule has 1 aliphatic carbocycles. The van der Waals surface area contributed by atoms with Gasteiger partial charge in [0.25, 0.3) is 0 Å². The normalized spacial score (nSPS) is 15.6. The summed E-state index contributed by atoms with van der Waals surface area (Å²) in [5, 5.41) is 27.2. The molecule has 2 N–H and O–H groups in total. The maximum absolute atomic E-state index is 10.7. The van der Waals surface area contributed by atoms with Crippen molar-refractivity contribution in [3.63, 3.8) is 0 Å². The number of hydrogen-bond donors (Lipinski definition) is 2. The maximum atomic E-state index is 10.7. The Balaban J connectivity index is 1.18. The fraction of sp³-hybridized carbons (Fsp3) is 0.606. The van der Waals surface area contributed by atoms with Crippen LogP contribution in [0.1, 0.15) is 61.4 Å². The molecule has 2 atom stereocenters. The van der Waals surface area contributed by atoms with Gasteiger partial charge < -0.3 is 19.9 Å². The number of tetrazole rings is 1. The highest BCUT2D eigenvalue weighted by atomic mass is 28.3. The van der Waals surface area contributed by atoms with Gasteiger partial charge in [-0.1, -0.05) is 68.2 Å². The Morgan fingerprint density at radius 2 is 1.74 bits per heavy atom. The first-order valence-electron chi connectivity index (χ1n) is 15.5. The number of hydrogen-bond acceptors (Lipinski definition) is 7. The largest absolute Gasteiger partial charge is 0.389 e. The zero-order valence-electron chi connectivity index (χ0n) is 26.5. The molecule has 1 aliphatic rings. The molecule has 0 amide bonds. The Morgan fingerprint density at radius 1 is 1.05 bits per heavy atom. The van der Waals surface area contributed by atoms with Crippen LogP contribution in [0.25, 0.3) is 0 Å². The molecule has 1 heterocycles. The van der Waals surface area contributed by atoms with Gasteiger partial charge in [0.2, 0.25) is 0 Å². The lowest BCUT2D eigenvalue weighted by Crippen LogP contribution is -2.45. The van der Waals surface area contributed by atoms with Crippen molar-refractivity contribution in [2.45, 2.75) is 103 Å². The number of ether oxygens (including phenoxy) is 2. The number of aromatic nitrogens is 4. The summed E-state index contributed by atoms with van der Waals surface area (Å²) < 4.78 is 11.9. The van der Waals surface area contributed by atoms with E-state index < -0.39 is 14.2 Å². The Bertz CT molecular complexity index is 1230. The Labute approximate surface area is 253 Å². The van der Waals surface area contributed by atoms with Crippen LogP contribution in [-0.4, -0.2) is 64.8 Å². The lowest BCUT2D eigenvalue weighted by atomic mass is 9.88. The predicted molar refractivity (Wildman–Crippen MR) is 170 cm³/mol. The first-order chi connectivity index (χ1) is 20.0. The summed E-state index contributed by atoms with van der Waals surface area (Å²) >= 11 is 0. The molecule has 42 heavy (non-hydrogen) atoms. The highest BCUT2D eigenvalue weighted by molar-refractivity contribution is 6.76. The van der Waals surface area contributed by atoms with Gasteiger partial charge in [0, 0.05) is 33.2 Å². The summed E-state index contributed by atoms with van der Waals surface area (Å²) in [4.78, 5) is 1.53. The molecule has 4 rings (SSSR count). The summed E-state index contributed by atoms with van der Waals surface area (Å²) in [5.74, 6) is 1.35. The number of aliphatic hydroxyl groups is 1. The van der Waals surface area contributed by atoms with E-state index in [1.807, 2.05) is 19.1 Å². The predicted octanol–water partition coefficient (Wildman–Crippen LogP) is 5.38. The molecular weight excluding hydrogens is 542 g/mol. The molecule has 0 radical (unpaired) electrons. The number of aryl methyl sites for hydroxylation is 2. The number of rotatable bonds is 17. The molecular formula is C33H51N5O3Si. The monoisotopic (exact) mass is 593 g/mol. The van der Waals surface area contributed by atoms with E-state index in [9.17, 15) is 5.11 Å². The average molecular weight is 594 g/mol. The number of nitrogens with one attached hydrogen (secondary N) is 1. The number of aliphatic hydroxyl groups excluding tert-OH is 1. The summed E-state index contributed by atoms with van der Waals surface area (Å²) in [7, 11) is -1.11. The van der Waals surface area contributed by atoms with E-state index in [0.717, 1.165) is 43.9 Å². The van der Waals surface area contributed by atoms with E-state index in [-0.39, 0.29) is 18.2 Å². The average Bonchev–Trinajstić information content (AvgIpc) is 3.57. The molecule has 0 bridgehead atoms. The van der Waals surface area contributed by atoms with Crippen molar-refractivity contribution in [3.05, 3.63) is 76.6 Å². The van der Waals surface area contributed by atoms with Crippen LogP contribution in [0, 0.1) is 5.92 Å². The standard InChI is InChI=1S/C33H51N5O3Si/c1-25(41-23-30(39)22-34-33(2,3)21-26-19-28-12-7-8-13-29(28)20-26)31-14-10-9-11-27(31)15-16-32-35-37-38(36-32)24-40-17-18-42(4,5)6/h7-14,25-26,30,34,39H,15-24H2,1-6H3/t25-,30-/m1/s1. The minimum absolute atomic E-state index is 0.0537. The minimum atomic E-state index is -1.11. The molecule has 2 aromatic carbocycles. The van der Waals surface area contributed by atoms with Crippen molar-refractivity contribution in [1.82, 2.24) is 25.5 Å². The van der Waals surface area contributed by atoms with Gasteiger partial charge in [0.05, 0.1) is 18.8 Å². The van der Waals surface area contributed by atoms with Crippen molar-refractivity contribution >= 4 is 8.07 Å². The van der Waals surface area contributed by atoms with Gasteiger partial charge in [-0.05, 0) is 85.9 Å². The number of fused-ring (bicyclic) bond motifs is 1. The zero-order valence-corrected chi connectivity index (χ0v) is 27.5. The topological polar surface area (TPSA) is 94.3 Å². The highest BCUT2D eigenvalue weighted by Gasteiger charge is 2.28. The summed E-state index contributed by atoms with van der Waals surface area (Å²) in [6, 6.07) is 18.2. The smallest absolute Gasteiger partial charge is 0.175 e. The molecule has 0 unspecified atom stereocenters. The van der Waals surface area contributed by atoms with Gasteiger partial charge in [-0.2, -0.15) is 0 Å². The van der Waals surface area contributed by atoms with E-state index in [1.54, 1.807) is 0 Å². The van der Waals surface area contributed by atoms with Crippen LogP contribution in [0.15, 0.2) is 48.5 Å². The number of β-amino-alcohol motifs (C(OH)–C–C–N with tert-alkyl or cyclic N) is 1. The van der Waals surface area contributed by atoms with Crippen LogP contribution in [0.3, 0.4) is 0 Å². The third-order valence-electron chi connectivity index (χ3n) is 8.10. The van der Waals surface area contributed by atoms with Crippen molar-refractivity contribution in [2.24, 2.45) is 5.92 Å². The second-order valence-corrected chi connectivity index (χ2v) is 19.4. The maximum Gasteiger partial charge on any atom is 0.175 e. The van der Waals surface area contributed by atoms with E-state index in [0.29, 0.717) is 31.4 Å². The van der Waals surface area contributed by atoms with E-state index in [4.69, 9.17) is 9.47 Å². The Morgan fingerprint density at radius 3 is 2.45 bits per heavy atom. The minimum Gasteiger partial charge on any atom is -0.389 e. The first-order valence-corrected chi connectivity index (χ1v) is 19.2. The highest BCUT2D eigenvalue weighted by Crippen LogP contribution is 2.32. The van der Waals surface area contributed by atoms with E-state index >= 15 is 0 Å². The number of benzene rings is 2. The molecule has 0 spiro atoms. The van der Waals surface area contributed by atoms with Gasteiger partial charge in [-0.3, -0.25) is 0 Å². The lowest BCUT2D eigenvalue weighted by molar-refractivity contribution is -0.00491. The molecule has 0 aliphatic heterocycles. The summed E-state index contributed by atoms with van der Waals surface area (Å²) in [6.07, 6.45) is 4.13. The summed E-state index contributed by atoms with van der Waals surface area (Å²) in [5.41, 5.74) is 5.24. The van der Waals surface area contributed by atoms with E-state index in [1.165, 1.54) is 21.5 Å². The lowest BCUT2D eigenvalue weighted by Gasteiger charge is -2.31. The van der Waals surface area contributed by atoms with Gasteiger partial charge in [0.1, 0.15) is 0 Å². The van der Waals surface area contributed by atoms with Crippen molar-refractivity contribution in [3.8, 4) is 0 Å². The summed E-state index contributed by atoms with van der Waals surface area (Å²) in [6.45, 7) is 15.4. The third-order valence-corrected chi connectivity index (χ3v) is 9.80. The fourth-order valence-corrected chi connectivity index (χ4v) is 6.50. The van der Waals surface area contributed by atoms with Crippen molar-refractivity contribution < 1.29 is 14.6 Å². The van der Waals surface area contributed by atoms with Crippen molar-refractivity contribution in [2.75, 3.05) is 19.8 Å². The Hall–Kier alpha value is -2.43. The second-order valence-electron chi connectivity index (χ2n) is 13.8. The SMILES string of the molecule is C[C@@H](OC[C@H](O)CNC(C)(C)CC1Cc2ccccc2C1)c1ccccc1CCc1nnn(COCC[Si](C)(C)C)n1. The van der Waals surface area contributed by atoms with Crippen LogP contribution in [0.4, 0.5) is 0 Å². The second kappa shape index (κ2) is 14.8. The van der Waals surface area contributed by atoms with Gasteiger partial charge in [-0.25, -0.2) is 0 Å². The number of nitrogens with zero attached hydrogens (tertiary/aromatic N) is 4. The van der Waals surface area contributed by atoms with Crippen LogP contribution < -0.4 is 5.32 Å². The molecule has 9 heteroatoms. The van der Waals surface area contributed by atoms with Crippen LogP contribution in [0.5, 0.6) is 0 Å². The van der Waals surface area contributed by atoms with Crippen LogP contribution in [0.2, 0.25) is 25.7 Å². The quantitative estimate of drug-likeness (QED) is 0.160. The molecule has 0 fully saturated rings. The van der Waals surface area contributed by atoms with Gasteiger partial charge in [-0.15, -0.1) is 15.0 Å².